The normalized spacial score (nSPS) is 17.3. The van der Waals surface area contributed by atoms with E-state index in [1.54, 1.807) is 24.5 Å². The van der Waals surface area contributed by atoms with Crippen molar-refractivity contribution in [1.82, 2.24) is 4.98 Å². The van der Waals surface area contributed by atoms with Gasteiger partial charge in [-0.3, -0.25) is 4.99 Å². The number of hydrogen-bond donors (Lipinski definition) is 0. The predicted octanol–water partition coefficient (Wildman–Crippen LogP) is 4.40. The van der Waals surface area contributed by atoms with Crippen molar-refractivity contribution in [3.8, 4) is 5.75 Å². The summed E-state index contributed by atoms with van der Waals surface area (Å²) in [6, 6.07) is 5.27. The van der Waals surface area contributed by atoms with E-state index < -0.39 is 6.04 Å². The molecule has 7 heteroatoms. The zero-order chi connectivity index (χ0) is 19.2. The van der Waals surface area contributed by atoms with Gasteiger partial charge < -0.3 is 9.47 Å². The summed E-state index contributed by atoms with van der Waals surface area (Å²) in [5, 5.41) is 1.61. The van der Waals surface area contributed by atoms with Crippen molar-refractivity contribution in [3.05, 3.63) is 59.7 Å². The first-order valence-corrected chi connectivity index (χ1v) is 10.2. The lowest BCUT2D eigenvalue weighted by Crippen LogP contribution is -2.22. The third-order valence-corrected chi connectivity index (χ3v) is 6.11. The summed E-state index contributed by atoms with van der Waals surface area (Å²) >= 11 is 3.08. The molecule has 1 aliphatic rings. The topological polar surface area (TPSA) is 60.8 Å². The van der Waals surface area contributed by atoms with Gasteiger partial charge in [-0.15, -0.1) is 23.1 Å². The maximum absolute atomic E-state index is 12.3. The molecule has 0 fully saturated rings. The molecule has 2 heterocycles. The number of ether oxygens (including phenoxy) is 2. The fourth-order valence-electron chi connectivity index (χ4n) is 2.41. The van der Waals surface area contributed by atoms with Gasteiger partial charge in [0.25, 0.3) is 0 Å². The molecule has 0 saturated heterocycles. The molecule has 27 heavy (non-hydrogen) atoms. The van der Waals surface area contributed by atoms with E-state index in [1.807, 2.05) is 43.4 Å². The Hall–Kier alpha value is -2.38. The largest absolute Gasteiger partial charge is 0.497 e. The van der Waals surface area contributed by atoms with Crippen molar-refractivity contribution in [1.29, 1.82) is 0 Å². The number of thioether (sulfide) groups is 1. The lowest BCUT2D eigenvalue weighted by atomic mass is 10.2. The van der Waals surface area contributed by atoms with Crippen LogP contribution in [-0.4, -0.2) is 41.5 Å². The fourth-order valence-corrected chi connectivity index (χ4v) is 4.49. The molecule has 0 radical (unpaired) electrons. The highest BCUT2D eigenvalue weighted by atomic mass is 32.2. The van der Waals surface area contributed by atoms with Crippen LogP contribution >= 0.6 is 23.1 Å². The van der Waals surface area contributed by atoms with E-state index in [9.17, 15) is 4.79 Å². The van der Waals surface area contributed by atoms with E-state index in [2.05, 4.69) is 16.6 Å². The molecule has 0 aliphatic carbocycles. The van der Waals surface area contributed by atoms with Crippen LogP contribution in [-0.2, 0) is 9.53 Å². The maximum atomic E-state index is 12.3. The monoisotopic (exact) mass is 400 g/mol. The van der Waals surface area contributed by atoms with Gasteiger partial charge in [0, 0.05) is 5.75 Å². The number of benzene rings is 1. The molecule has 5 nitrogen and oxygen atoms in total. The number of rotatable bonds is 7. The fraction of sp³-hybridized carbons (Fsp3) is 0.250. The summed E-state index contributed by atoms with van der Waals surface area (Å²) in [5.74, 6) is 1.05. The number of allylic oxidation sites excluding steroid dienone is 3. The summed E-state index contributed by atoms with van der Waals surface area (Å²) in [6.07, 6.45) is 7.27. The van der Waals surface area contributed by atoms with Crippen molar-refractivity contribution in [2.75, 3.05) is 19.5 Å². The van der Waals surface area contributed by atoms with Gasteiger partial charge in [0.15, 0.2) is 6.04 Å². The predicted molar refractivity (Wildman–Crippen MR) is 113 cm³/mol. The molecule has 0 N–H and O–H groups in total. The number of aliphatic imine (C=N–C) groups is 1. The molecule has 2 aromatic rings. The second kappa shape index (κ2) is 9.01. The van der Waals surface area contributed by atoms with E-state index in [1.165, 1.54) is 11.8 Å². The Labute approximate surface area is 166 Å². The number of fused-ring (bicyclic) bond motifs is 1. The highest BCUT2D eigenvalue weighted by Gasteiger charge is 2.28. The molecule has 0 saturated carbocycles. The molecule has 0 bridgehead atoms. The summed E-state index contributed by atoms with van der Waals surface area (Å²) in [4.78, 5) is 21.5. The minimum absolute atomic E-state index is 0.229. The molecule has 140 valence electrons. The van der Waals surface area contributed by atoms with E-state index in [0.29, 0.717) is 5.75 Å². The van der Waals surface area contributed by atoms with Crippen LogP contribution in [0.2, 0.25) is 0 Å². The quantitative estimate of drug-likeness (QED) is 0.509. The third-order valence-electron chi connectivity index (χ3n) is 3.90. The number of hydrogen-bond acceptors (Lipinski definition) is 7. The molecule has 1 aromatic heterocycles. The van der Waals surface area contributed by atoms with Crippen LogP contribution in [0.15, 0.2) is 59.6 Å². The first-order valence-electron chi connectivity index (χ1n) is 8.41. The summed E-state index contributed by atoms with van der Waals surface area (Å²) in [5.41, 5.74) is 1.81. The van der Waals surface area contributed by atoms with Crippen molar-refractivity contribution in [2.24, 2.45) is 4.99 Å². The van der Waals surface area contributed by atoms with Crippen molar-refractivity contribution < 1.29 is 14.3 Å². The van der Waals surface area contributed by atoms with E-state index in [0.717, 1.165) is 31.6 Å². The number of thiazole rings is 1. The van der Waals surface area contributed by atoms with Gasteiger partial charge in [-0.05, 0) is 30.7 Å². The molecule has 0 unspecified atom stereocenters. The van der Waals surface area contributed by atoms with Crippen LogP contribution in [0, 0.1) is 0 Å². The molecule has 1 atom stereocenters. The van der Waals surface area contributed by atoms with Gasteiger partial charge in [0.1, 0.15) is 22.4 Å². The summed E-state index contributed by atoms with van der Waals surface area (Å²) in [6.45, 7) is 5.77. The van der Waals surface area contributed by atoms with Crippen LogP contribution in [0.4, 0.5) is 0 Å². The van der Waals surface area contributed by atoms with Gasteiger partial charge in [0.05, 0.1) is 17.3 Å². The number of carbonyl (C=O) groups is 1. The number of nitrogens with zero attached hydrogens (tertiary/aromatic N) is 2. The van der Waals surface area contributed by atoms with Gasteiger partial charge in [-0.1, -0.05) is 30.9 Å². The van der Waals surface area contributed by atoms with Crippen molar-refractivity contribution >= 4 is 44.3 Å². The lowest BCUT2D eigenvalue weighted by Gasteiger charge is -2.07. The van der Waals surface area contributed by atoms with Crippen LogP contribution in [0.1, 0.15) is 11.9 Å². The average Bonchev–Trinajstić information content (AvgIpc) is 3.34. The highest BCUT2D eigenvalue weighted by molar-refractivity contribution is 8.15. The zero-order valence-corrected chi connectivity index (χ0v) is 16.8. The number of carbonyl (C=O) groups excluding carboxylic acids is 1. The van der Waals surface area contributed by atoms with E-state index in [-0.39, 0.29) is 12.6 Å². The van der Waals surface area contributed by atoms with Gasteiger partial charge in [0.2, 0.25) is 0 Å². The molecule has 0 amide bonds. The smallest absolute Gasteiger partial charge is 0.332 e. The second-order valence-electron chi connectivity index (χ2n) is 5.68. The van der Waals surface area contributed by atoms with Crippen LogP contribution in [0.5, 0.6) is 5.75 Å². The Morgan fingerprint density at radius 1 is 1.44 bits per heavy atom. The highest BCUT2D eigenvalue weighted by Crippen LogP contribution is 2.31. The van der Waals surface area contributed by atoms with Gasteiger partial charge in [-0.2, -0.15) is 0 Å². The van der Waals surface area contributed by atoms with Gasteiger partial charge >= 0.3 is 5.97 Å². The first kappa shape index (κ1) is 19.4. The van der Waals surface area contributed by atoms with Crippen LogP contribution in [0.3, 0.4) is 0 Å². The summed E-state index contributed by atoms with van der Waals surface area (Å²) in [7, 11) is 1.64. The Bertz CT molecular complexity index is 944. The molecule has 1 aromatic carbocycles. The third kappa shape index (κ3) is 4.67. The second-order valence-corrected chi connectivity index (χ2v) is 7.72. The Morgan fingerprint density at radius 2 is 2.30 bits per heavy atom. The van der Waals surface area contributed by atoms with E-state index in [4.69, 9.17) is 9.47 Å². The maximum Gasteiger partial charge on any atom is 0.332 e. The standard InChI is InChI=1S/C20H20N2O3S2/c1-4-6-7-13(5-2)11-25-20(23)16-12-26-18(22-16)19-21-15-9-8-14(24-3)10-17(15)27-19/h4-10,16H,1,11-12H2,2-3H3/b7-6-,13-5+/t16-/m1/s1. The van der Waals surface area contributed by atoms with Crippen molar-refractivity contribution in [3.63, 3.8) is 0 Å². The minimum atomic E-state index is -0.493. The van der Waals surface area contributed by atoms with Crippen molar-refractivity contribution in [2.45, 2.75) is 13.0 Å². The van der Waals surface area contributed by atoms with Crippen LogP contribution in [0.25, 0.3) is 10.2 Å². The number of esters is 1. The zero-order valence-electron chi connectivity index (χ0n) is 15.2. The number of aromatic nitrogens is 1. The van der Waals surface area contributed by atoms with Gasteiger partial charge in [-0.25, -0.2) is 9.78 Å². The number of methoxy groups -OCH3 is 1. The Balaban J connectivity index is 1.68. The molecular formula is C20H20N2O3S2. The first-order chi connectivity index (χ1) is 13.1. The van der Waals surface area contributed by atoms with Crippen LogP contribution < -0.4 is 4.74 Å². The van der Waals surface area contributed by atoms with E-state index >= 15 is 0 Å². The molecular weight excluding hydrogens is 380 g/mol. The SMILES string of the molecule is C=C/C=C\C(=C/C)COC(=O)[C@H]1CSC(c2nc3ccc(OC)cc3s2)=N1. The minimum Gasteiger partial charge on any atom is -0.497 e. The molecule has 0 spiro atoms. The lowest BCUT2D eigenvalue weighted by molar-refractivity contribution is -0.143. The summed E-state index contributed by atoms with van der Waals surface area (Å²) < 4.78 is 11.7. The molecule has 1 aliphatic heterocycles. The molecule has 3 rings (SSSR count). The Morgan fingerprint density at radius 3 is 3.04 bits per heavy atom. The average molecular weight is 401 g/mol. The Kier molecular flexibility index (Phi) is 6.47.